The Hall–Kier alpha value is -2.73. The molecule has 30 heavy (non-hydrogen) atoms. The van der Waals surface area contributed by atoms with Crippen molar-refractivity contribution in [2.45, 2.75) is 13.1 Å². The maximum absolute atomic E-state index is 12.3. The van der Waals surface area contributed by atoms with E-state index >= 15 is 0 Å². The molecule has 3 aromatic rings. The number of rotatable bonds is 6. The van der Waals surface area contributed by atoms with Crippen LogP contribution in [-0.2, 0) is 13.1 Å². The first-order valence-corrected chi connectivity index (χ1v) is 10.5. The highest BCUT2D eigenvalue weighted by atomic mass is 35.5. The number of aromatic nitrogens is 1. The van der Waals surface area contributed by atoms with E-state index in [2.05, 4.69) is 62.6 Å². The van der Waals surface area contributed by atoms with E-state index in [1.807, 2.05) is 12.1 Å². The molecule has 6 heteroatoms. The molecule has 0 unspecified atom stereocenters. The molecule has 154 valence electrons. The molecule has 1 amide bonds. The zero-order valence-electron chi connectivity index (χ0n) is 16.8. The third-order valence-corrected chi connectivity index (χ3v) is 5.55. The lowest BCUT2D eigenvalue weighted by molar-refractivity contribution is 0.102. The summed E-state index contributed by atoms with van der Waals surface area (Å²) in [5.41, 5.74) is 3.87. The molecule has 2 aromatic carbocycles. The van der Waals surface area contributed by atoms with Crippen LogP contribution >= 0.6 is 11.6 Å². The Morgan fingerprint density at radius 3 is 2.00 bits per heavy atom. The second-order valence-corrected chi connectivity index (χ2v) is 7.95. The van der Waals surface area contributed by atoms with Gasteiger partial charge in [0.1, 0.15) is 5.15 Å². The molecule has 0 aliphatic carbocycles. The van der Waals surface area contributed by atoms with Gasteiger partial charge < -0.3 is 5.32 Å². The van der Waals surface area contributed by atoms with Crippen molar-refractivity contribution in [3.05, 3.63) is 94.8 Å². The van der Waals surface area contributed by atoms with Crippen molar-refractivity contribution in [1.29, 1.82) is 0 Å². The summed E-state index contributed by atoms with van der Waals surface area (Å²) in [6, 6.07) is 22.0. The molecular formula is C24H25ClN4O. The number of carbonyl (C=O) groups excluding carboxylic acids is 1. The van der Waals surface area contributed by atoms with Crippen LogP contribution in [0.5, 0.6) is 0 Å². The minimum Gasteiger partial charge on any atom is -0.322 e. The lowest BCUT2D eigenvalue weighted by Crippen LogP contribution is -2.45. The topological polar surface area (TPSA) is 48.5 Å². The van der Waals surface area contributed by atoms with Crippen molar-refractivity contribution in [1.82, 2.24) is 14.8 Å². The van der Waals surface area contributed by atoms with Gasteiger partial charge in [0.05, 0.1) is 5.56 Å². The van der Waals surface area contributed by atoms with E-state index in [4.69, 9.17) is 11.6 Å². The fourth-order valence-corrected chi connectivity index (χ4v) is 3.72. The highest BCUT2D eigenvalue weighted by Crippen LogP contribution is 2.15. The van der Waals surface area contributed by atoms with Crippen LogP contribution in [0.1, 0.15) is 21.5 Å². The molecule has 1 aliphatic heterocycles. The Bertz CT molecular complexity index is 953. The summed E-state index contributed by atoms with van der Waals surface area (Å²) in [6.45, 7) is 6.24. The number of piperazine rings is 1. The van der Waals surface area contributed by atoms with Gasteiger partial charge in [0.25, 0.3) is 5.91 Å². The van der Waals surface area contributed by atoms with Crippen LogP contribution in [0.4, 0.5) is 5.69 Å². The summed E-state index contributed by atoms with van der Waals surface area (Å²) in [5.74, 6) is -0.193. The lowest BCUT2D eigenvalue weighted by Gasteiger charge is -2.34. The molecule has 5 nitrogen and oxygen atoms in total. The summed E-state index contributed by atoms with van der Waals surface area (Å²) in [6.07, 6.45) is 1.48. The van der Waals surface area contributed by atoms with Gasteiger partial charge in [-0.1, -0.05) is 54.1 Å². The van der Waals surface area contributed by atoms with Gasteiger partial charge in [0.2, 0.25) is 0 Å². The average molecular weight is 421 g/mol. The molecule has 0 spiro atoms. The Balaban J connectivity index is 1.25. The van der Waals surface area contributed by atoms with Gasteiger partial charge in [0.15, 0.2) is 0 Å². The van der Waals surface area contributed by atoms with Crippen LogP contribution in [0.2, 0.25) is 5.15 Å². The van der Waals surface area contributed by atoms with Crippen LogP contribution in [0.3, 0.4) is 0 Å². The number of benzene rings is 2. The quantitative estimate of drug-likeness (QED) is 0.604. The molecule has 1 fully saturated rings. The minimum atomic E-state index is -0.193. The fourth-order valence-electron chi connectivity index (χ4n) is 3.61. The number of hydrogen-bond acceptors (Lipinski definition) is 4. The van der Waals surface area contributed by atoms with E-state index in [9.17, 15) is 4.79 Å². The van der Waals surface area contributed by atoms with Crippen molar-refractivity contribution < 1.29 is 4.79 Å². The first-order valence-electron chi connectivity index (χ1n) is 10.2. The number of halogens is 1. The van der Waals surface area contributed by atoms with Crippen LogP contribution in [-0.4, -0.2) is 46.9 Å². The minimum absolute atomic E-state index is 0.193. The van der Waals surface area contributed by atoms with Gasteiger partial charge in [-0.25, -0.2) is 4.98 Å². The molecule has 1 N–H and O–H groups in total. The number of pyridine rings is 1. The molecule has 4 rings (SSSR count). The average Bonchev–Trinajstić information content (AvgIpc) is 2.78. The Kier molecular flexibility index (Phi) is 6.74. The van der Waals surface area contributed by atoms with Gasteiger partial charge in [0, 0.05) is 51.2 Å². The molecule has 0 saturated carbocycles. The number of nitrogens with one attached hydrogen (secondary N) is 1. The Labute approximate surface area is 182 Å². The third kappa shape index (κ3) is 5.66. The Morgan fingerprint density at radius 2 is 1.43 bits per heavy atom. The first-order chi connectivity index (χ1) is 14.7. The third-order valence-electron chi connectivity index (χ3n) is 5.32. The van der Waals surface area contributed by atoms with E-state index in [1.54, 1.807) is 12.1 Å². The smallest absolute Gasteiger partial charge is 0.257 e. The first kappa shape index (κ1) is 20.5. The van der Waals surface area contributed by atoms with E-state index in [-0.39, 0.29) is 5.91 Å². The summed E-state index contributed by atoms with van der Waals surface area (Å²) in [7, 11) is 0. The fraction of sp³-hybridized carbons (Fsp3) is 0.250. The summed E-state index contributed by atoms with van der Waals surface area (Å²) in [4.78, 5) is 21.2. The molecule has 2 heterocycles. The number of anilines is 1. The number of nitrogens with zero attached hydrogens (tertiary/aromatic N) is 3. The van der Waals surface area contributed by atoms with E-state index in [0.717, 1.165) is 45.0 Å². The molecule has 1 aliphatic rings. The number of carbonyl (C=O) groups is 1. The predicted octanol–water partition coefficient (Wildman–Crippen LogP) is 4.31. The van der Waals surface area contributed by atoms with Gasteiger partial charge in [-0.05, 0) is 35.4 Å². The second-order valence-electron chi connectivity index (χ2n) is 7.56. The largest absolute Gasteiger partial charge is 0.322 e. The van der Waals surface area contributed by atoms with Gasteiger partial charge in [-0.15, -0.1) is 0 Å². The SMILES string of the molecule is O=C(Nc1ccc(CN2CCN(Cc3ccccc3)CC2)cc1)c1ccc(Cl)nc1. The van der Waals surface area contributed by atoms with E-state index < -0.39 is 0 Å². The van der Waals surface area contributed by atoms with Gasteiger partial charge >= 0.3 is 0 Å². The molecular weight excluding hydrogens is 396 g/mol. The highest BCUT2D eigenvalue weighted by molar-refractivity contribution is 6.29. The van der Waals surface area contributed by atoms with Gasteiger partial charge in [-0.2, -0.15) is 0 Å². The van der Waals surface area contributed by atoms with Crippen molar-refractivity contribution in [2.75, 3.05) is 31.5 Å². The molecule has 1 saturated heterocycles. The van der Waals surface area contributed by atoms with Crippen molar-refractivity contribution >= 4 is 23.2 Å². The van der Waals surface area contributed by atoms with Crippen molar-refractivity contribution in [3.8, 4) is 0 Å². The normalized spacial score (nSPS) is 15.1. The molecule has 1 aromatic heterocycles. The number of amides is 1. The maximum Gasteiger partial charge on any atom is 0.257 e. The van der Waals surface area contributed by atoms with E-state index in [0.29, 0.717) is 10.7 Å². The van der Waals surface area contributed by atoms with Crippen LogP contribution in [0, 0.1) is 0 Å². The summed E-state index contributed by atoms with van der Waals surface area (Å²) < 4.78 is 0. The molecule has 0 atom stereocenters. The van der Waals surface area contributed by atoms with E-state index in [1.165, 1.54) is 17.3 Å². The van der Waals surface area contributed by atoms with Crippen LogP contribution in [0.25, 0.3) is 0 Å². The van der Waals surface area contributed by atoms with Gasteiger partial charge in [-0.3, -0.25) is 14.6 Å². The maximum atomic E-state index is 12.3. The lowest BCUT2D eigenvalue weighted by atomic mass is 10.1. The van der Waals surface area contributed by atoms with Crippen LogP contribution in [0.15, 0.2) is 72.9 Å². The summed E-state index contributed by atoms with van der Waals surface area (Å²) in [5, 5.41) is 3.27. The second kappa shape index (κ2) is 9.85. The predicted molar refractivity (Wildman–Crippen MR) is 121 cm³/mol. The molecule has 0 bridgehead atoms. The van der Waals surface area contributed by atoms with Crippen molar-refractivity contribution in [2.24, 2.45) is 0 Å². The Morgan fingerprint density at radius 1 is 0.833 bits per heavy atom. The summed E-state index contributed by atoms with van der Waals surface area (Å²) >= 11 is 5.77. The highest BCUT2D eigenvalue weighted by Gasteiger charge is 2.17. The number of hydrogen-bond donors (Lipinski definition) is 1. The van der Waals surface area contributed by atoms with Crippen LogP contribution < -0.4 is 5.32 Å². The zero-order valence-corrected chi connectivity index (χ0v) is 17.6. The molecule has 0 radical (unpaired) electrons. The zero-order chi connectivity index (χ0) is 20.8. The van der Waals surface area contributed by atoms with Crippen molar-refractivity contribution in [3.63, 3.8) is 0 Å². The standard InChI is InChI=1S/C24H25ClN4O/c25-23-11-8-21(16-26-23)24(30)27-22-9-6-20(7-10-22)18-29-14-12-28(13-15-29)17-19-4-2-1-3-5-19/h1-11,16H,12-15,17-18H2,(H,27,30). The monoisotopic (exact) mass is 420 g/mol.